The van der Waals surface area contributed by atoms with Crippen molar-refractivity contribution < 1.29 is 4.74 Å². The average molecular weight is 343 g/mol. The zero-order chi connectivity index (χ0) is 14.8. The molecule has 106 valence electrons. The number of hydrogen-bond donors (Lipinski definition) is 1. The van der Waals surface area contributed by atoms with Gasteiger partial charge in [0, 0.05) is 22.8 Å². The van der Waals surface area contributed by atoms with E-state index in [1.54, 1.807) is 6.20 Å². The summed E-state index contributed by atoms with van der Waals surface area (Å²) in [7, 11) is 0. The molecule has 3 rings (SSSR count). The highest BCUT2D eigenvalue weighted by molar-refractivity contribution is 9.10. The first-order valence-corrected chi connectivity index (χ1v) is 7.45. The zero-order valence-corrected chi connectivity index (χ0v) is 13.2. The van der Waals surface area contributed by atoms with E-state index in [0.29, 0.717) is 6.61 Å². The van der Waals surface area contributed by atoms with Gasteiger partial charge in [-0.05, 0) is 58.7 Å². The molecule has 3 aromatic rings. The van der Waals surface area contributed by atoms with Crippen LogP contribution >= 0.6 is 15.9 Å². The lowest BCUT2D eigenvalue weighted by Crippen LogP contribution is -1.99. The average Bonchev–Trinajstić information content (AvgIpc) is 2.48. The van der Waals surface area contributed by atoms with Crippen molar-refractivity contribution in [1.29, 1.82) is 0 Å². The number of aromatic nitrogens is 1. The van der Waals surface area contributed by atoms with Crippen molar-refractivity contribution in [2.24, 2.45) is 0 Å². The van der Waals surface area contributed by atoms with Gasteiger partial charge in [-0.25, -0.2) is 0 Å². The summed E-state index contributed by atoms with van der Waals surface area (Å²) in [5.41, 5.74) is 9.82. The number of aryl methyl sites for hydroxylation is 1. The number of nitrogens with two attached hydrogens (primary N) is 1. The summed E-state index contributed by atoms with van der Waals surface area (Å²) in [4.78, 5) is 4.42. The molecule has 0 bridgehead atoms. The fraction of sp³-hybridized carbons (Fsp3) is 0.118. The van der Waals surface area contributed by atoms with Crippen LogP contribution in [0.15, 0.2) is 53.1 Å². The van der Waals surface area contributed by atoms with Crippen LogP contribution < -0.4 is 10.5 Å². The molecule has 0 amide bonds. The molecule has 0 saturated heterocycles. The highest BCUT2D eigenvalue weighted by Crippen LogP contribution is 2.28. The van der Waals surface area contributed by atoms with Crippen molar-refractivity contribution in [3.05, 3.63) is 64.3 Å². The molecule has 1 heterocycles. The molecule has 2 N–H and O–H groups in total. The fourth-order valence-corrected chi connectivity index (χ4v) is 2.86. The van der Waals surface area contributed by atoms with Gasteiger partial charge in [0.2, 0.25) is 0 Å². The lowest BCUT2D eigenvalue weighted by Gasteiger charge is -2.11. The third kappa shape index (κ3) is 2.85. The van der Waals surface area contributed by atoms with E-state index in [1.807, 2.05) is 49.4 Å². The molecule has 0 aliphatic heterocycles. The predicted octanol–water partition coefficient (Wildman–Crippen LogP) is 4.47. The van der Waals surface area contributed by atoms with Crippen LogP contribution in [0.4, 0.5) is 5.69 Å². The van der Waals surface area contributed by atoms with Gasteiger partial charge in [0.25, 0.3) is 0 Å². The van der Waals surface area contributed by atoms with Crippen molar-refractivity contribution in [1.82, 2.24) is 4.98 Å². The van der Waals surface area contributed by atoms with E-state index < -0.39 is 0 Å². The number of pyridine rings is 1. The monoisotopic (exact) mass is 342 g/mol. The van der Waals surface area contributed by atoms with Crippen LogP contribution in [-0.2, 0) is 6.61 Å². The second-order valence-corrected chi connectivity index (χ2v) is 5.79. The number of fused-ring (bicyclic) bond motifs is 1. The van der Waals surface area contributed by atoms with Gasteiger partial charge in [-0.1, -0.05) is 12.1 Å². The number of nitrogens with zero attached hydrogens (tertiary/aromatic N) is 1. The largest absolute Gasteiger partial charge is 0.488 e. The number of rotatable bonds is 3. The summed E-state index contributed by atoms with van der Waals surface area (Å²) in [6.07, 6.45) is 1.77. The van der Waals surface area contributed by atoms with E-state index in [4.69, 9.17) is 10.5 Å². The maximum absolute atomic E-state index is 5.98. The van der Waals surface area contributed by atoms with Crippen molar-refractivity contribution in [3.63, 3.8) is 0 Å². The Kier molecular flexibility index (Phi) is 3.80. The van der Waals surface area contributed by atoms with Crippen molar-refractivity contribution in [3.8, 4) is 5.75 Å². The first kappa shape index (κ1) is 13.9. The first-order valence-electron chi connectivity index (χ1n) is 6.66. The van der Waals surface area contributed by atoms with Crippen LogP contribution in [0.2, 0.25) is 0 Å². The summed E-state index contributed by atoms with van der Waals surface area (Å²) in [6, 6.07) is 13.8. The van der Waals surface area contributed by atoms with Crippen molar-refractivity contribution in [2.75, 3.05) is 5.73 Å². The molecular formula is C17H15BrN2O. The van der Waals surface area contributed by atoms with Gasteiger partial charge in [0.15, 0.2) is 0 Å². The smallest absolute Gasteiger partial charge is 0.134 e. The van der Waals surface area contributed by atoms with Crippen molar-refractivity contribution >= 4 is 32.5 Å². The van der Waals surface area contributed by atoms with Crippen LogP contribution in [0.1, 0.15) is 11.1 Å². The van der Waals surface area contributed by atoms with Crippen LogP contribution in [0.5, 0.6) is 5.75 Å². The third-order valence-electron chi connectivity index (χ3n) is 3.36. The molecule has 21 heavy (non-hydrogen) atoms. The Hall–Kier alpha value is -2.07. The van der Waals surface area contributed by atoms with Gasteiger partial charge >= 0.3 is 0 Å². The van der Waals surface area contributed by atoms with Crippen LogP contribution in [-0.4, -0.2) is 4.98 Å². The quantitative estimate of drug-likeness (QED) is 0.714. The van der Waals surface area contributed by atoms with Crippen LogP contribution in [0, 0.1) is 6.92 Å². The molecule has 0 aliphatic rings. The van der Waals surface area contributed by atoms with Gasteiger partial charge in [-0.2, -0.15) is 0 Å². The minimum atomic E-state index is 0.454. The summed E-state index contributed by atoms with van der Waals surface area (Å²) in [5, 5.41) is 0.960. The summed E-state index contributed by atoms with van der Waals surface area (Å²) in [6.45, 7) is 2.50. The maximum atomic E-state index is 5.98. The number of halogens is 1. The molecule has 0 unspecified atom stereocenters. The summed E-state index contributed by atoms with van der Waals surface area (Å²) < 4.78 is 6.85. The Morgan fingerprint density at radius 2 is 2.05 bits per heavy atom. The summed E-state index contributed by atoms with van der Waals surface area (Å²) >= 11 is 3.52. The zero-order valence-electron chi connectivity index (χ0n) is 11.6. The molecule has 0 spiro atoms. The Labute approximate surface area is 131 Å². The second kappa shape index (κ2) is 5.74. The van der Waals surface area contributed by atoms with Gasteiger partial charge < -0.3 is 10.5 Å². The molecule has 4 heteroatoms. The Balaban J connectivity index is 1.90. The number of hydrogen-bond acceptors (Lipinski definition) is 3. The van der Waals surface area contributed by atoms with E-state index in [9.17, 15) is 0 Å². The van der Waals surface area contributed by atoms with Crippen LogP contribution in [0.25, 0.3) is 10.9 Å². The second-order valence-electron chi connectivity index (χ2n) is 4.94. The summed E-state index contributed by atoms with van der Waals surface area (Å²) in [5.74, 6) is 0.821. The van der Waals surface area contributed by atoms with Crippen LogP contribution in [0.3, 0.4) is 0 Å². The van der Waals surface area contributed by atoms with E-state index in [2.05, 4.69) is 20.9 Å². The van der Waals surface area contributed by atoms with Gasteiger partial charge in [0.1, 0.15) is 12.4 Å². The van der Waals surface area contributed by atoms with Gasteiger partial charge in [-0.3, -0.25) is 4.98 Å². The first-order chi connectivity index (χ1) is 10.1. The molecule has 0 aliphatic carbocycles. The highest BCUT2D eigenvalue weighted by atomic mass is 79.9. The standard InChI is InChI=1S/C17H15BrN2O/c1-11-4-7-16(14(18)9-11)21-10-12-5-6-15(19)13-3-2-8-20-17(12)13/h2-9H,10,19H2,1H3. The molecular weight excluding hydrogens is 328 g/mol. The van der Waals surface area contributed by atoms with Gasteiger partial charge in [-0.15, -0.1) is 0 Å². The van der Waals surface area contributed by atoms with E-state index >= 15 is 0 Å². The minimum Gasteiger partial charge on any atom is -0.488 e. The number of anilines is 1. The molecule has 3 nitrogen and oxygen atoms in total. The number of benzene rings is 2. The molecule has 0 fully saturated rings. The normalized spacial score (nSPS) is 10.8. The molecule has 0 radical (unpaired) electrons. The highest BCUT2D eigenvalue weighted by Gasteiger charge is 2.07. The van der Waals surface area contributed by atoms with E-state index in [-0.39, 0.29) is 0 Å². The molecule has 0 saturated carbocycles. The lowest BCUT2D eigenvalue weighted by molar-refractivity contribution is 0.305. The predicted molar refractivity (Wildman–Crippen MR) is 89.4 cm³/mol. The number of nitrogen functional groups attached to an aromatic ring is 1. The van der Waals surface area contributed by atoms with Crippen molar-refractivity contribution in [2.45, 2.75) is 13.5 Å². The Bertz CT molecular complexity index is 802. The lowest BCUT2D eigenvalue weighted by atomic mass is 10.1. The Morgan fingerprint density at radius 1 is 1.19 bits per heavy atom. The SMILES string of the molecule is Cc1ccc(OCc2ccc(N)c3cccnc23)c(Br)c1. The minimum absolute atomic E-state index is 0.454. The van der Waals surface area contributed by atoms with E-state index in [1.165, 1.54) is 5.56 Å². The molecule has 1 aromatic heterocycles. The Morgan fingerprint density at radius 3 is 2.86 bits per heavy atom. The third-order valence-corrected chi connectivity index (χ3v) is 3.98. The van der Waals surface area contributed by atoms with Gasteiger partial charge in [0.05, 0.1) is 9.99 Å². The molecule has 2 aromatic carbocycles. The maximum Gasteiger partial charge on any atom is 0.134 e. The fourth-order valence-electron chi connectivity index (χ4n) is 2.25. The topological polar surface area (TPSA) is 48.1 Å². The molecule has 0 atom stereocenters. The van der Waals surface area contributed by atoms with E-state index in [0.717, 1.165) is 32.4 Å². The number of ether oxygens (including phenoxy) is 1.